The number of rotatable bonds is 10. The normalized spacial score (nSPS) is 12.5. The van der Waals surface area contributed by atoms with Crippen molar-refractivity contribution < 1.29 is 13.8 Å². The molecule has 216 valence electrons. The molecule has 0 aliphatic rings. The predicted octanol–water partition coefficient (Wildman–Crippen LogP) is 9.02. The van der Waals surface area contributed by atoms with Crippen LogP contribution in [0.4, 0.5) is 0 Å². The first-order valence-electron chi connectivity index (χ1n) is 14.1. The summed E-state index contributed by atoms with van der Waals surface area (Å²) < 4.78 is 24.4. The Kier molecular flexibility index (Phi) is 8.65. The summed E-state index contributed by atoms with van der Waals surface area (Å²) in [7, 11) is -0.729. The minimum Gasteiger partial charge on any atom is -0.493 e. The van der Waals surface area contributed by atoms with Crippen molar-refractivity contribution >= 4 is 27.2 Å². The van der Waals surface area contributed by atoms with Gasteiger partial charge >= 0.3 is 0 Å². The Labute approximate surface area is 256 Å². The lowest BCUT2D eigenvalue weighted by molar-refractivity contribution is 0.397. The summed E-state index contributed by atoms with van der Waals surface area (Å²) in [6.07, 6.45) is 8.23. The number of aryl methyl sites for hydroxylation is 3. The molecular formula is C36H34N2O3P2. The van der Waals surface area contributed by atoms with Crippen molar-refractivity contribution in [3.05, 3.63) is 151 Å². The fourth-order valence-electron chi connectivity index (χ4n) is 5.10. The van der Waals surface area contributed by atoms with E-state index in [0.29, 0.717) is 11.5 Å². The van der Waals surface area contributed by atoms with Crippen LogP contribution in [0.3, 0.4) is 0 Å². The van der Waals surface area contributed by atoms with Gasteiger partial charge in [0, 0.05) is 46.5 Å². The van der Waals surface area contributed by atoms with Gasteiger partial charge < -0.3 is 13.8 Å². The first-order chi connectivity index (χ1) is 21.0. The molecule has 2 aromatic heterocycles. The smallest absolute Gasteiger partial charge is 0.229 e. The number of hydrogen-bond acceptors (Lipinski definition) is 3. The van der Waals surface area contributed by atoms with Gasteiger partial charge in [0.25, 0.3) is 0 Å². The third kappa shape index (κ3) is 6.25. The van der Waals surface area contributed by atoms with Crippen LogP contribution in [-0.4, -0.2) is 15.8 Å². The maximum atomic E-state index is 7.08. The van der Waals surface area contributed by atoms with E-state index in [9.17, 15) is 0 Å². The molecule has 0 fully saturated rings. The Morgan fingerprint density at radius 3 is 1.44 bits per heavy atom. The molecule has 0 aliphatic carbocycles. The minimum atomic E-state index is -1.24. The number of methoxy groups -OCH3 is 1. The van der Waals surface area contributed by atoms with Gasteiger partial charge in [-0.25, -0.2) is 0 Å². The SMILES string of the molecule is COc1cc(C)cc(-c2cc(C)cc(C)c2OP(c2ccccc2)n2cccc2)c1OP(c1ccccc1)n1cccc1. The zero-order valence-electron chi connectivity index (χ0n) is 24.7. The van der Waals surface area contributed by atoms with Crippen molar-refractivity contribution in [1.82, 2.24) is 8.68 Å². The Morgan fingerprint density at radius 2 is 0.953 bits per heavy atom. The molecule has 0 radical (unpaired) electrons. The lowest BCUT2D eigenvalue weighted by atomic mass is 9.96. The van der Waals surface area contributed by atoms with Gasteiger partial charge in [0.05, 0.1) is 7.11 Å². The molecule has 0 spiro atoms. The van der Waals surface area contributed by atoms with E-state index < -0.39 is 16.6 Å². The fraction of sp³-hybridized carbons (Fsp3) is 0.111. The molecule has 0 bridgehead atoms. The summed E-state index contributed by atoms with van der Waals surface area (Å²) in [5.74, 6) is 2.21. The van der Waals surface area contributed by atoms with Crippen molar-refractivity contribution in [3.63, 3.8) is 0 Å². The van der Waals surface area contributed by atoms with E-state index in [4.69, 9.17) is 13.8 Å². The van der Waals surface area contributed by atoms with Crippen LogP contribution >= 0.6 is 16.6 Å². The Bertz CT molecular complexity index is 1790. The molecule has 0 aliphatic heterocycles. The summed E-state index contributed by atoms with van der Waals surface area (Å²) in [6.45, 7) is 6.32. The van der Waals surface area contributed by atoms with E-state index >= 15 is 0 Å². The largest absolute Gasteiger partial charge is 0.493 e. The predicted molar refractivity (Wildman–Crippen MR) is 180 cm³/mol. The monoisotopic (exact) mass is 604 g/mol. The van der Waals surface area contributed by atoms with Gasteiger partial charge in [0.2, 0.25) is 16.6 Å². The second-order valence-corrected chi connectivity index (χ2v) is 13.7. The number of ether oxygens (including phenoxy) is 1. The van der Waals surface area contributed by atoms with Crippen LogP contribution in [0.5, 0.6) is 17.2 Å². The van der Waals surface area contributed by atoms with Crippen LogP contribution in [0.2, 0.25) is 0 Å². The molecule has 2 unspecified atom stereocenters. The van der Waals surface area contributed by atoms with Crippen molar-refractivity contribution in [2.75, 3.05) is 7.11 Å². The highest BCUT2D eigenvalue weighted by Crippen LogP contribution is 2.52. The van der Waals surface area contributed by atoms with E-state index in [2.05, 4.69) is 109 Å². The number of nitrogens with zero attached hydrogens (tertiary/aromatic N) is 2. The molecule has 0 N–H and O–H groups in total. The first-order valence-corrected chi connectivity index (χ1v) is 16.6. The number of hydrogen-bond donors (Lipinski definition) is 0. The highest BCUT2D eigenvalue weighted by Gasteiger charge is 2.26. The molecule has 0 saturated heterocycles. The van der Waals surface area contributed by atoms with Gasteiger partial charge in [-0.15, -0.1) is 0 Å². The topological polar surface area (TPSA) is 37.6 Å². The summed E-state index contributed by atoms with van der Waals surface area (Å²) in [4.78, 5) is 0. The van der Waals surface area contributed by atoms with Crippen LogP contribution in [0.15, 0.2) is 134 Å². The van der Waals surface area contributed by atoms with Gasteiger partial charge in [0.15, 0.2) is 11.5 Å². The van der Waals surface area contributed by atoms with E-state index in [1.54, 1.807) is 7.11 Å². The Hall–Kier alpha value is -4.30. The lowest BCUT2D eigenvalue weighted by Crippen LogP contribution is -2.12. The van der Waals surface area contributed by atoms with Crippen LogP contribution in [0.1, 0.15) is 16.7 Å². The van der Waals surface area contributed by atoms with Crippen molar-refractivity contribution in [2.24, 2.45) is 0 Å². The minimum absolute atomic E-state index is 0.687. The molecule has 4 aromatic carbocycles. The summed E-state index contributed by atoms with van der Waals surface area (Å²) in [5, 5.41) is 2.22. The number of aromatic nitrogens is 2. The highest BCUT2D eigenvalue weighted by molar-refractivity contribution is 7.60. The standard InChI is InChI=1S/C36H34N2O3P2/c1-27-23-29(3)35(40-42(37-19-11-12-20-37)30-15-7-5-8-16-30)32(24-27)33-25-28(2)26-34(39-4)36(33)41-43(38-21-13-14-22-38)31-17-9-6-10-18-31/h5-26H,1-4H3. The second kappa shape index (κ2) is 12.9. The van der Waals surface area contributed by atoms with Gasteiger partial charge in [0.1, 0.15) is 5.75 Å². The van der Waals surface area contributed by atoms with E-state index in [0.717, 1.165) is 44.2 Å². The zero-order valence-corrected chi connectivity index (χ0v) is 26.5. The molecule has 6 rings (SSSR count). The lowest BCUT2D eigenvalue weighted by Gasteiger charge is -2.26. The fourth-order valence-corrected chi connectivity index (χ4v) is 8.46. The van der Waals surface area contributed by atoms with Crippen LogP contribution in [0.25, 0.3) is 11.1 Å². The van der Waals surface area contributed by atoms with E-state index in [1.807, 2.05) is 54.6 Å². The van der Waals surface area contributed by atoms with Crippen LogP contribution < -0.4 is 24.4 Å². The molecule has 2 heterocycles. The molecule has 0 amide bonds. The zero-order chi connectivity index (χ0) is 29.8. The Morgan fingerprint density at radius 1 is 0.512 bits per heavy atom. The summed E-state index contributed by atoms with van der Waals surface area (Å²) in [6, 6.07) is 37.5. The molecule has 6 aromatic rings. The van der Waals surface area contributed by atoms with Crippen molar-refractivity contribution in [1.29, 1.82) is 0 Å². The van der Waals surface area contributed by atoms with Crippen LogP contribution in [-0.2, 0) is 0 Å². The number of benzene rings is 4. The van der Waals surface area contributed by atoms with Gasteiger partial charge in [-0.1, -0.05) is 42.5 Å². The average molecular weight is 605 g/mol. The molecular weight excluding hydrogens is 570 g/mol. The van der Waals surface area contributed by atoms with Gasteiger partial charge in [-0.3, -0.25) is 8.68 Å². The van der Waals surface area contributed by atoms with Gasteiger partial charge in [-0.2, -0.15) is 0 Å². The second-order valence-electron chi connectivity index (χ2n) is 10.3. The average Bonchev–Trinajstić information content (AvgIpc) is 3.76. The maximum absolute atomic E-state index is 7.08. The molecule has 7 heteroatoms. The van der Waals surface area contributed by atoms with E-state index in [1.165, 1.54) is 0 Å². The van der Waals surface area contributed by atoms with Crippen molar-refractivity contribution in [2.45, 2.75) is 20.8 Å². The van der Waals surface area contributed by atoms with Crippen molar-refractivity contribution in [3.8, 4) is 28.4 Å². The molecule has 2 atom stereocenters. The maximum Gasteiger partial charge on any atom is 0.229 e. The van der Waals surface area contributed by atoms with Crippen LogP contribution in [0, 0.1) is 20.8 Å². The Balaban J connectivity index is 1.52. The third-order valence-corrected chi connectivity index (χ3v) is 10.6. The highest BCUT2D eigenvalue weighted by atomic mass is 31.2. The summed E-state index contributed by atoms with van der Waals surface area (Å²) in [5.41, 5.74) is 5.19. The molecule has 5 nitrogen and oxygen atoms in total. The molecule has 0 saturated carbocycles. The summed E-state index contributed by atoms with van der Waals surface area (Å²) >= 11 is 0. The molecule has 43 heavy (non-hydrogen) atoms. The van der Waals surface area contributed by atoms with Gasteiger partial charge in [-0.05, 0) is 104 Å². The van der Waals surface area contributed by atoms with E-state index in [-0.39, 0.29) is 0 Å². The third-order valence-electron chi connectivity index (χ3n) is 7.03. The quantitative estimate of drug-likeness (QED) is 0.147. The first kappa shape index (κ1) is 28.8.